The second-order valence-electron chi connectivity index (χ2n) is 6.43. The van der Waals surface area contributed by atoms with E-state index in [2.05, 4.69) is 16.9 Å². The van der Waals surface area contributed by atoms with Gasteiger partial charge in [0.1, 0.15) is 22.6 Å². The highest BCUT2D eigenvalue weighted by molar-refractivity contribution is 7.93. The smallest absolute Gasteiger partial charge is 0.232 e. The van der Waals surface area contributed by atoms with E-state index in [-0.39, 0.29) is 0 Å². The topological polar surface area (TPSA) is 87.8 Å². The van der Waals surface area contributed by atoms with E-state index in [4.69, 9.17) is 10.7 Å². The Hall–Kier alpha value is -2.48. The van der Waals surface area contributed by atoms with Crippen molar-refractivity contribution < 1.29 is 4.55 Å². The first-order valence-electron chi connectivity index (χ1n) is 9.11. The highest BCUT2D eigenvalue weighted by atomic mass is 32.2. The number of nitrogen functional groups attached to an aromatic ring is 1. The van der Waals surface area contributed by atoms with Crippen LogP contribution in [0.1, 0.15) is 19.8 Å². The Bertz CT molecular complexity index is 1080. The molecule has 0 saturated carbocycles. The summed E-state index contributed by atoms with van der Waals surface area (Å²) in [4.78, 5) is 13.8. The Kier molecular flexibility index (Phi) is 5.57. The molecule has 3 heterocycles. The second kappa shape index (κ2) is 8.26. The van der Waals surface area contributed by atoms with Gasteiger partial charge < -0.3 is 10.3 Å². The minimum absolute atomic E-state index is 0.580. The van der Waals surface area contributed by atoms with Crippen LogP contribution in [0.4, 0.5) is 5.69 Å². The van der Waals surface area contributed by atoms with E-state index < -0.39 is 11.2 Å². The number of benzene rings is 1. The van der Waals surface area contributed by atoms with Crippen LogP contribution in [-0.2, 0) is 11.2 Å². The van der Waals surface area contributed by atoms with Crippen molar-refractivity contribution in [3.8, 4) is 22.4 Å². The average Bonchev–Trinajstić information content (AvgIpc) is 3.09. The standard InChI is InChI=1S/C21H20N4OS2/c1-2-3-9-28(26)21-19(22)18-16(14-7-5-4-6-8-14)10-17(25-20(18)27-21)15-11-23-13-24-12-15/h4-8,10-13H,2-3,9,22H2,1H3/t28-/m1/s1. The SMILES string of the molecule is CCCC[S@@+]([O-])c1sc2nc(-c3cncnc3)cc(-c3ccccc3)c2c1N. The van der Waals surface area contributed by atoms with E-state index in [1.165, 1.54) is 17.7 Å². The summed E-state index contributed by atoms with van der Waals surface area (Å²) in [5.41, 5.74) is 10.7. The van der Waals surface area contributed by atoms with Gasteiger partial charge in [0.2, 0.25) is 4.21 Å². The third-order valence-electron chi connectivity index (χ3n) is 4.50. The number of pyridine rings is 1. The molecule has 1 aromatic carbocycles. The monoisotopic (exact) mass is 408 g/mol. The largest absolute Gasteiger partial charge is 0.611 e. The van der Waals surface area contributed by atoms with Crippen LogP contribution in [0, 0.1) is 0 Å². The maximum absolute atomic E-state index is 12.8. The molecule has 0 aliphatic heterocycles. The van der Waals surface area contributed by atoms with Crippen LogP contribution < -0.4 is 5.73 Å². The number of aromatic nitrogens is 3. The number of anilines is 1. The zero-order chi connectivity index (χ0) is 19.5. The summed E-state index contributed by atoms with van der Waals surface area (Å²) in [7, 11) is 0. The molecule has 0 spiro atoms. The first kappa shape index (κ1) is 18.9. The summed E-state index contributed by atoms with van der Waals surface area (Å²) >= 11 is 0.309. The van der Waals surface area contributed by atoms with Crippen LogP contribution in [0.15, 0.2) is 59.3 Å². The van der Waals surface area contributed by atoms with Gasteiger partial charge >= 0.3 is 0 Å². The molecule has 0 radical (unpaired) electrons. The first-order valence-corrected chi connectivity index (χ1v) is 11.2. The van der Waals surface area contributed by atoms with Gasteiger partial charge in [0.05, 0.1) is 5.69 Å². The van der Waals surface area contributed by atoms with Gasteiger partial charge in [-0.1, -0.05) is 55.0 Å². The molecule has 1 atom stereocenters. The Morgan fingerprint density at radius 1 is 1.11 bits per heavy atom. The molecule has 5 nitrogen and oxygen atoms in total. The Labute approximate surface area is 170 Å². The van der Waals surface area contributed by atoms with E-state index in [9.17, 15) is 4.55 Å². The number of nitrogens with two attached hydrogens (primary N) is 1. The molecule has 0 amide bonds. The van der Waals surface area contributed by atoms with Crippen LogP contribution in [0.25, 0.3) is 32.6 Å². The van der Waals surface area contributed by atoms with Crippen molar-refractivity contribution in [1.29, 1.82) is 0 Å². The molecule has 7 heteroatoms. The van der Waals surface area contributed by atoms with Gasteiger partial charge in [-0.25, -0.2) is 15.0 Å². The van der Waals surface area contributed by atoms with Crippen molar-refractivity contribution in [3.63, 3.8) is 0 Å². The van der Waals surface area contributed by atoms with Crippen LogP contribution in [0.3, 0.4) is 0 Å². The summed E-state index contributed by atoms with van der Waals surface area (Å²) in [5.74, 6) is 0.619. The van der Waals surface area contributed by atoms with Crippen molar-refractivity contribution in [2.75, 3.05) is 11.5 Å². The number of hydrogen-bond donors (Lipinski definition) is 1. The second-order valence-corrected chi connectivity index (χ2v) is 9.20. The third-order valence-corrected chi connectivity index (χ3v) is 7.49. The Balaban J connectivity index is 1.94. The van der Waals surface area contributed by atoms with Crippen LogP contribution in [-0.4, -0.2) is 25.3 Å². The van der Waals surface area contributed by atoms with Gasteiger partial charge in [0.25, 0.3) is 0 Å². The summed E-state index contributed by atoms with van der Waals surface area (Å²) in [6.07, 6.45) is 6.90. The summed E-state index contributed by atoms with van der Waals surface area (Å²) in [5, 5.41) is 0.872. The highest BCUT2D eigenvalue weighted by Gasteiger charge is 2.24. The van der Waals surface area contributed by atoms with E-state index in [0.29, 0.717) is 11.4 Å². The predicted molar refractivity (Wildman–Crippen MR) is 117 cm³/mol. The van der Waals surface area contributed by atoms with Crippen molar-refractivity contribution in [2.24, 2.45) is 0 Å². The molecule has 0 fully saturated rings. The molecule has 0 saturated heterocycles. The van der Waals surface area contributed by atoms with E-state index in [1.807, 2.05) is 36.4 Å². The van der Waals surface area contributed by atoms with Crippen LogP contribution >= 0.6 is 11.3 Å². The number of fused-ring (bicyclic) bond motifs is 1. The minimum Gasteiger partial charge on any atom is -0.611 e. The van der Waals surface area contributed by atoms with E-state index >= 15 is 0 Å². The van der Waals surface area contributed by atoms with Crippen molar-refractivity contribution in [1.82, 2.24) is 15.0 Å². The lowest BCUT2D eigenvalue weighted by Crippen LogP contribution is -2.06. The molecule has 0 bridgehead atoms. The van der Waals surface area contributed by atoms with Gasteiger partial charge in [-0.3, -0.25) is 0 Å². The summed E-state index contributed by atoms with van der Waals surface area (Å²) < 4.78 is 13.5. The normalized spacial score (nSPS) is 12.4. The van der Waals surface area contributed by atoms with Crippen molar-refractivity contribution in [2.45, 2.75) is 24.0 Å². The zero-order valence-electron chi connectivity index (χ0n) is 15.5. The molecule has 3 aromatic heterocycles. The predicted octanol–water partition coefficient (Wildman–Crippen LogP) is 4.91. The fourth-order valence-corrected chi connectivity index (χ4v) is 5.86. The van der Waals surface area contributed by atoms with Crippen LogP contribution in [0.2, 0.25) is 0 Å². The van der Waals surface area contributed by atoms with Crippen molar-refractivity contribution >= 4 is 38.4 Å². The molecule has 0 unspecified atom stereocenters. The molecule has 0 aliphatic rings. The number of thiophene rings is 1. The van der Waals surface area contributed by atoms with E-state index in [0.717, 1.165) is 49.7 Å². The lowest BCUT2D eigenvalue weighted by atomic mass is 10.0. The molecule has 4 aromatic rings. The molecular formula is C21H20N4OS2. The number of rotatable bonds is 6. The lowest BCUT2D eigenvalue weighted by Gasteiger charge is -2.09. The maximum atomic E-state index is 12.8. The highest BCUT2D eigenvalue weighted by Crippen LogP contribution is 2.43. The molecule has 2 N–H and O–H groups in total. The Morgan fingerprint density at radius 2 is 1.86 bits per heavy atom. The van der Waals surface area contributed by atoms with Gasteiger partial charge in [0.15, 0.2) is 0 Å². The van der Waals surface area contributed by atoms with Crippen LogP contribution in [0.5, 0.6) is 0 Å². The summed E-state index contributed by atoms with van der Waals surface area (Å²) in [6, 6.07) is 12.1. The molecule has 142 valence electrons. The number of unbranched alkanes of at least 4 members (excludes halogenated alkanes) is 1. The van der Waals surface area contributed by atoms with E-state index in [1.54, 1.807) is 12.4 Å². The minimum atomic E-state index is -1.11. The first-order chi connectivity index (χ1) is 13.7. The van der Waals surface area contributed by atoms with Gasteiger partial charge in [0, 0.05) is 23.3 Å². The third kappa shape index (κ3) is 3.61. The molecular weight excluding hydrogens is 388 g/mol. The van der Waals surface area contributed by atoms with Gasteiger partial charge in [-0.15, -0.1) is 0 Å². The number of nitrogens with zero attached hydrogens (tertiary/aromatic N) is 3. The fourth-order valence-electron chi connectivity index (χ4n) is 3.06. The van der Waals surface area contributed by atoms with Gasteiger partial charge in [-0.2, -0.15) is 0 Å². The maximum Gasteiger partial charge on any atom is 0.232 e. The fraction of sp³-hybridized carbons (Fsp3) is 0.190. The summed E-state index contributed by atoms with van der Waals surface area (Å²) in [6.45, 7) is 2.09. The Morgan fingerprint density at radius 3 is 2.57 bits per heavy atom. The average molecular weight is 409 g/mol. The quantitative estimate of drug-likeness (QED) is 0.458. The number of hydrogen-bond acceptors (Lipinski definition) is 6. The zero-order valence-corrected chi connectivity index (χ0v) is 17.1. The molecule has 28 heavy (non-hydrogen) atoms. The molecule has 0 aliphatic carbocycles. The van der Waals surface area contributed by atoms with Gasteiger partial charge in [-0.05, 0) is 34.8 Å². The lowest BCUT2D eigenvalue weighted by molar-refractivity contribution is 0.594. The molecule has 4 rings (SSSR count). The van der Waals surface area contributed by atoms with Crippen molar-refractivity contribution in [3.05, 3.63) is 55.1 Å².